The molecule has 3 N–H and O–H groups in total. The van der Waals surface area contributed by atoms with Gasteiger partial charge in [-0.3, -0.25) is 15.4 Å². The molecule has 2 aromatic carbocycles. The first-order valence-corrected chi connectivity index (χ1v) is 10.4. The third-order valence-electron chi connectivity index (χ3n) is 5.76. The Morgan fingerprint density at radius 2 is 2.06 bits per heavy atom. The van der Waals surface area contributed by atoms with Crippen molar-refractivity contribution in [3.05, 3.63) is 60.0 Å². The first-order valence-electron chi connectivity index (χ1n) is 10.0. The molecule has 5 rings (SSSR count). The van der Waals surface area contributed by atoms with Crippen molar-refractivity contribution < 1.29 is 19.4 Å². The summed E-state index contributed by atoms with van der Waals surface area (Å²) in [7, 11) is 0. The summed E-state index contributed by atoms with van der Waals surface area (Å²) in [6, 6.07) is 12.8. The fraction of sp³-hybridized carbons (Fsp3) is 0.318. The summed E-state index contributed by atoms with van der Waals surface area (Å²) in [6.45, 7) is 0.538. The highest BCUT2D eigenvalue weighted by atomic mass is 35.5. The number of aliphatic carboxylic acids is 1. The monoisotopic (exact) mass is 440 g/mol. The number of aromatic nitrogens is 2. The maximum Gasteiger partial charge on any atom is 0.324 e. The molecule has 0 bridgehead atoms. The Hall–Kier alpha value is -2.94. The number of piperidine rings is 1. The molecular weight excluding hydrogens is 420 g/mol. The fourth-order valence-electron chi connectivity index (χ4n) is 4.11. The number of hydrogen-bond donors (Lipinski definition) is 3. The zero-order chi connectivity index (χ0) is 21.4. The molecule has 1 fully saturated rings. The van der Waals surface area contributed by atoms with Gasteiger partial charge in [0, 0.05) is 24.5 Å². The minimum absolute atomic E-state index is 0.193. The number of ether oxygens (including phenoxy) is 2. The number of alkyl halides is 1. The molecule has 3 heterocycles. The van der Waals surface area contributed by atoms with Crippen LogP contribution in [0.4, 0.5) is 0 Å². The largest absolute Gasteiger partial charge is 0.480 e. The van der Waals surface area contributed by atoms with Gasteiger partial charge in [0.25, 0.3) is 0 Å². The number of halogens is 1. The third kappa shape index (κ3) is 3.89. The molecule has 160 valence electrons. The molecule has 0 spiro atoms. The van der Waals surface area contributed by atoms with E-state index >= 15 is 0 Å². The summed E-state index contributed by atoms with van der Waals surface area (Å²) in [5.41, 5.74) is -0.0734. The van der Waals surface area contributed by atoms with Gasteiger partial charge in [-0.15, -0.1) is 11.6 Å². The number of carboxylic acids is 1. The van der Waals surface area contributed by atoms with E-state index in [1.54, 1.807) is 6.20 Å². The van der Waals surface area contributed by atoms with Crippen LogP contribution >= 0.6 is 11.6 Å². The Morgan fingerprint density at radius 3 is 2.94 bits per heavy atom. The predicted octanol–water partition coefficient (Wildman–Crippen LogP) is 2.96. The minimum atomic E-state index is -1.23. The van der Waals surface area contributed by atoms with Crippen molar-refractivity contribution in [2.24, 2.45) is 0 Å². The third-order valence-corrected chi connectivity index (χ3v) is 6.04. The van der Waals surface area contributed by atoms with E-state index in [1.165, 1.54) is 0 Å². The van der Waals surface area contributed by atoms with Gasteiger partial charge in [0.1, 0.15) is 11.4 Å². The van der Waals surface area contributed by atoms with Crippen molar-refractivity contribution in [3.8, 4) is 11.5 Å². The predicted molar refractivity (Wildman–Crippen MR) is 114 cm³/mol. The summed E-state index contributed by atoms with van der Waals surface area (Å²) >= 11 is 6.46. The number of hydrogen-bond acceptors (Lipinski definition) is 7. The number of nitrogens with one attached hydrogen (secondary N) is 2. The average Bonchev–Trinajstić information content (AvgIpc) is 3.25. The molecule has 3 aromatic rings. The normalized spacial score (nSPS) is 24.9. The number of carboxylic acid groups (broad SMARTS) is 1. The van der Waals surface area contributed by atoms with E-state index in [2.05, 4.69) is 20.6 Å². The molecule has 3 atom stereocenters. The van der Waals surface area contributed by atoms with Gasteiger partial charge in [0.05, 0.1) is 17.1 Å². The van der Waals surface area contributed by atoms with E-state index in [1.807, 2.05) is 42.5 Å². The Kier molecular flexibility index (Phi) is 5.13. The van der Waals surface area contributed by atoms with Crippen molar-refractivity contribution in [1.82, 2.24) is 20.6 Å². The number of rotatable bonds is 5. The first-order chi connectivity index (χ1) is 15.0. The van der Waals surface area contributed by atoms with Crippen LogP contribution in [-0.2, 0) is 11.3 Å². The van der Waals surface area contributed by atoms with Crippen LogP contribution in [0.5, 0.6) is 11.5 Å². The lowest BCUT2D eigenvalue weighted by atomic mass is 9.83. The number of benzene rings is 2. The highest BCUT2D eigenvalue weighted by Gasteiger charge is 2.46. The Balaban J connectivity index is 1.39. The molecule has 31 heavy (non-hydrogen) atoms. The number of carbonyl (C=O) groups is 1. The van der Waals surface area contributed by atoms with Crippen LogP contribution in [0.2, 0.25) is 0 Å². The van der Waals surface area contributed by atoms with Gasteiger partial charge in [-0.25, -0.2) is 9.97 Å². The van der Waals surface area contributed by atoms with Crippen LogP contribution in [0.15, 0.2) is 48.7 Å². The standard InChI is InChI=1S/C22H21ClN4O4/c23-19-9-22(21(28)29,25-10-13-5-6-17-18(7-13)31-12-30-17)8-16(26-19)20-24-11-14-3-1-2-4-15(14)27-20/h1-7,11,16,19,25-26H,8-10,12H2,(H,28,29). The van der Waals surface area contributed by atoms with Gasteiger partial charge in [-0.2, -0.15) is 0 Å². The molecule has 3 unspecified atom stereocenters. The molecule has 9 heteroatoms. The van der Waals surface area contributed by atoms with E-state index in [9.17, 15) is 9.90 Å². The van der Waals surface area contributed by atoms with E-state index < -0.39 is 23.1 Å². The minimum Gasteiger partial charge on any atom is -0.480 e. The van der Waals surface area contributed by atoms with Crippen molar-refractivity contribution in [3.63, 3.8) is 0 Å². The summed E-state index contributed by atoms with van der Waals surface area (Å²) in [5, 5.41) is 17.5. The first kappa shape index (κ1) is 20.0. The summed E-state index contributed by atoms with van der Waals surface area (Å²) < 4.78 is 10.8. The topological polar surface area (TPSA) is 106 Å². The van der Waals surface area contributed by atoms with E-state index in [-0.39, 0.29) is 19.6 Å². The average molecular weight is 441 g/mol. The van der Waals surface area contributed by atoms with Gasteiger partial charge in [0.15, 0.2) is 11.5 Å². The molecule has 1 saturated heterocycles. The summed E-state index contributed by atoms with van der Waals surface area (Å²) in [6.07, 6.45) is 2.23. The summed E-state index contributed by atoms with van der Waals surface area (Å²) in [4.78, 5) is 21.5. The van der Waals surface area contributed by atoms with Crippen molar-refractivity contribution in [1.29, 1.82) is 0 Å². The lowest BCUT2D eigenvalue weighted by Gasteiger charge is -2.40. The molecule has 8 nitrogen and oxygen atoms in total. The van der Waals surface area contributed by atoms with Gasteiger partial charge < -0.3 is 14.6 Å². The van der Waals surface area contributed by atoms with Crippen molar-refractivity contribution in [2.45, 2.75) is 36.5 Å². The molecule has 0 aliphatic carbocycles. The zero-order valence-electron chi connectivity index (χ0n) is 16.5. The van der Waals surface area contributed by atoms with Crippen LogP contribution in [0.3, 0.4) is 0 Å². The van der Waals surface area contributed by atoms with E-state index in [0.29, 0.717) is 23.9 Å². The van der Waals surface area contributed by atoms with Crippen molar-refractivity contribution >= 4 is 28.5 Å². The molecule has 2 aliphatic heterocycles. The highest BCUT2D eigenvalue weighted by molar-refractivity contribution is 6.20. The van der Waals surface area contributed by atoms with E-state index in [0.717, 1.165) is 16.5 Å². The van der Waals surface area contributed by atoms with E-state index in [4.69, 9.17) is 21.1 Å². The Labute approximate surface area is 183 Å². The number of fused-ring (bicyclic) bond motifs is 2. The van der Waals surface area contributed by atoms with Crippen LogP contribution in [0, 0.1) is 0 Å². The molecule has 1 aromatic heterocycles. The molecule has 0 saturated carbocycles. The molecular formula is C22H21ClN4O4. The Bertz CT molecular complexity index is 1140. The maximum absolute atomic E-state index is 12.4. The van der Waals surface area contributed by atoms with Gasteiger partial charge >= 0.3 is 5.97 Å². The molecule has 0 radical (unpaired) electrons. The molecule has 0 amide bonds. The van der Waals surface area contributed by atoms with Crippen LogP contribution in [0.1, 0.15) is 30.3 Å². The second-order valence-electron chi connectivity index (χ2n) is 7.81. The lowest BCUT2D eigenvalue weighted by molar-refractivity contribution is -0.147. The van der Waals surface area contributed by atoms with Gasteiger partial charge in [0.2, 0.25) is 6.79 Å². The molecule has 2 aliphatic rings. The number of para-hydroxylation sites is 1. The van der Waals surface area contributed by atoms with Gasteiger partial charge in [-0.05, 0) is 30.2 Å². The quantitative estimate of drug-likeness (QED) is 0.411. The summed E-state index contributed by atoms with van der Waals surface area (Å²) in [5.74, 6) is 0.922. The second-order valence-corrected chi connectivity index (χ2v) is 8.34. The van der Waals surface area contributed by atoms with Crippen LogP contribution in [-0.4, -0.2) is 38.9 Å². The second kappa shape index (κ2) is 7.96. The maximum atomic E-state index is 12.4. The van der Waals surface area contributed by atoms with Crippen molar-refractivity contribution in [2.75, 3.05) is 6.79 Å². The van der Waals surface area contributed by atoms with Crippen LogP contribution in [0.25, 0.3) is 10.9 Å². The fourth-order valence-corrected chi connectivity index (χ4v) is 4.53. The number of nitrogens with zero attached hydrogens (tertiary/aromatic N) is 2. The highest BCUT2D eigenvalue weighted by Crippen LogP contribution is 2.35. The zero-order valence-corrected chi connectivity index (χ0v) is 17.3. The lowest BCUT2D eigenvalue weighted by Crippen LogP contribution is -2.60. The Morgan fingerprint density at radius 1 is 1.23 bits per heavy atom. The van der Waals surface area contributed by atoms with Crippen LogP contribution < -0.4 is 20.1 Å². The SMILES string of the molecule is O=C(O)C1(NCc2ccc3c(c2)OCO3)CC(Cl)NC(c2ncc3ccccc3n2)C1. The van der Waals surface area contributed by atoms with Gasteiger partial charge in [-0.1, -0.05) is 24.3 Å². The smallest absolute Gasteiger partial charge is 0.324 e.